The van der Waals surface area contributed by atoms with Crippen LogP contribution in [0.3, 0.4) is 0 Å². The van der Waals surface area contributed by atoms with E-state index in [0.29, 0.717) is 13.0 Å². The Hall–Kier alpha value is -2.86. The van der Waals surface area contributed by atoms with E-state index in [9.17, 15) is 4.79 Å². The third-order valence-electron chi connectivity index (χ3n) is 5.05. The van der Waals surface area contributed by atoms with Gasteiger partial charge < -0.3 is 14.4 Å². The van der Waals surface area contributed by atoms with Gasteiger partial charge in [0.05, 0.1) is 11.7 Å². The zero-order valence-corrected chi connectivity index (χ0v) is 18.1. The van der Waals surface area contributed by atoms with Crippen LogP contribution in [0.15, 0.2) is 54.7 Å². The van der Waals surface area contributed by atoms with E-state index in [1.54, 1.807) is 19.0 Å². The van der Waals surface area contributed by atoms with E-state index < -0.39 is 0 Å². The minimum Gasteiger partial charge on any atom is -0.489 e. The normalized spacial score (nSPS) is 15.9. The van der Waals surface area contributed by atoms with Gasteiger partial charge in [-0.25, -0.2) is 4.68 Å². The number of nitrogens with zero attached hydrogens (tertiary/aromatic N) is 3. The molecule has 6 nitrogen and oxygen atoms in total. The topological polar surface area (TPSA) is 56.6 Å². The highest BCUT2D eigenvalue weighted by molar-refractivity contribution is 5.80. The molecule has 1 amide bonds. The third kappa shape index (κ3) is 5.83. The van der Waals surface area contributed by atoms with E-state index >= 15 is 0 Å². The smallest absolute Gasteiger partial charge is 0.221 e. The average Bonchev–Trinajstić information content (AvgIpc) is 3.22. The predicted molar refractivity (Wildman–Crippen MR) is 118 cm³/mol. The Morgan fingerprint density at radius 2 is 2.00 bits per heavy atom. The van der Waals surface area contributed by atoms with Crippen molar-refractivity contribution in [1.82, 2.24) is 14.7 Å². The molecule has 2 heterocycles. The summed E-state index contributed by atoms with van der Waals surface area (Å²) in [6, 6.07) is 16.3. The molecule has 1 aromatic heterocycles. The van der Waals surface area contributed by atoms with E-state index in [1.165, 1.54) is 6.42 Å². The van der Waals surface area contributed by atoms with Crippen LogP contribution in [-0.4, -0.2) is 41.3 Å². The first-order chi connectivity index (χ1) is 14.6. The molecular weight excluding hydrogens is 378 g/mol. The molecule has 160 valence electrons. The summed E-state index contributed by atoms with van der Waals surface area (Å²) in [5.74, 6) is 1.04. The van der Waals surface area contributed by atoms with E-state index in [-0.39, 0.29) is 12.1 Å². The molecule has 0 spiro atoms. The standard InChI is InChI=1S/C19H20N2O2.C5H11NO/c1-2-6-15(7-3-1)14-23-17-10-9-16-13-20-21(18(16)12-17)19-8-4-5-11-22-19;1-4-5(7)6(2)3/h1-3,6-7,9-10,12-13,19H,4-5,8,11,14H2;4H2,1-3H3. The van der Waals surface area contributed by atoms with Crippen LogP contribution in [0.4, 0.5) is 0 Å². The third-order valence-corrected chi connectivity index (χ3v) is 5.05. The molecule has 2 aromatic carbocycles. The number of benzene rings is 2. The van der Waals surface area contributed by atoms with Crippen LogP contribution < -0.4 is 4.74 Å². The van der Waals surface area contributed by atoms with Crippen molar-refractivity contribution in [3.8, 4) is 5.75 Å². The lowest BCUT2D eigenvalue weighted by atomic mass is 10.2. The molecule has 0 aliphatic carbocycles. The van der Waals surface area contributed by atoms with E-state index in [0.717, 1.165) is 41.7 Å². The van der Waals surface area contributed by atoms with E-state index in [4.69, 9.17) is 9.47 Å². The van der Waals surface area contributed by atoms with E-state index in [2.05, 4.69) is 29.4 Å². The zero-order chi connectivity index (χ0) is 21.3. The summed E-state index contributed by atoms with van der Waals surface area (Å²) in [5.41, 5.74) is 2.24. The molecular formula is C24H31N3O3. The van der Waals surface area contributed by atoms with Crippen LogP contribution in [0.25, 0.3) is 10.9 Å². The van der Waals surface area contributed by atoms with Gasteiger partial charge in [-0.2, -0.15) is 5.10 Å². The molecule has 0 saturated carbocycles. The fourth-order valence-corrected chi connectivity index (χ4v) is 3.31. The number of carbonyl (C=O) groups excluding carboxylic acids is 1. The molecule has 4 rings (SSSR count). The number of hydrogen-bond acceptors (Lipinski definition) is 4. The first-order valence-corrected chi connectivity index (χ1v) is 10.5. The highest BCUT2D eigenvalue weighted by Gasteiger charge is 2.18. The van der Waals surface area contributed by atoms with Crippen molar-refractivity contribution in [1.29, 1.82) is 0 Å². The van der Waals surface area contributed by atoms with Gasteiger partial charge in [0.1, 0.15) is 12.4 Å². The van der Waals surface area contributed by atoms with Gasteiger partial charge in [-0.15, -0.1) is 0 Å². The van der Waals surface area contributed by atoms with Crippen LogP contribution in [-0.2, 0) is 16.1 Å². The van der Waals surface area contributed by atoms with Crippen molar-refractivity contribution in [3.63, 3.8) is 0 Å². The lowest BCUT2D eigenvalue weighted by Crippen LogP contribution is -2.19. The second-order valence-electron chi connectivity index (χ2n) is 7.55. The fourth-order valence-electron chi connectivity index (χ4n) is 3.31. The summed E-state index contributed by atoms with van der Waals surface area (Å²) in [7, 11) is 3.51. The number of hydrogen-bond donors (Lipinski definition) is 0. The van der Waals surface area contributed by atoms with Crippen LogP contribution in [0.1, 0.15) is 44.4 Å². The van der Waals surface area contributed by atoms with Gasteiger partial charge in [0.15, 0.2) is 6.23 Å². The molecule has 1 aliphatic heterocycles. The molecule has 0 N–H and O–H groups in total. The van der Waals surface area contributed by atoms with Gasteiger partial charge >= 0.3 is 0 Å². The second-order valence-corrected chi connectivity index (χ2v) is 7.55. The summed E-state index contributed by atoms with van der Waals surface area (Å²) in [6.45, 7) is 3.24. The van der Waals surface area contributed by atoms with Crippen LogP contribution >= 0.6 is 0 Å². The van der Waals surface area contributed by atoms with Crippen molar-refractivity contribution >= 4 is 16.8 Å². The average molecular weight is 410 g/mol. The first-order valence-electron chi connectivity index (χ1n) is 10.5. The minimum atomic E-state index is 0.0469. The molecule has 1 unspecified atom stereocenters. The van der Waals surface area contributed by atoms with Gasteiger partial charge in [-0.3, -0.25) is 4.79 Å². The van der Waals surface area contributed by atoms with Gasteiger partial charge in [-0.1, -0.05) is 37.3 Å². The summed E-state index contributed by atoms with van der Waals surface area (Å²) < 4.78 is 13.8. The lowest BCUT2D eigenvalue weighted by Gasteiger charge is -2.23. The Balaban J connectivity index is 0.000000318. The van der Waals surface area contributed by atoms with Crippen molar-refractivity contribution < 1.29 is 14.3 Å². The van der Waals surface area contributed by atoms with Gasteiger partial charge in [0.2, 0.25) is 5.91 Å². The number of ether oxygens (including phenoxy) is 2. The first kappa shape index (κ1) is 21.8. The molecule has 6 heteroatoms. The Morgan fingerprint density at radius 3 is 2.63 bits per heavy atom. The van der Waals surface area contributed by atoms with E-state index in [1.807, 2.05) is 42.1 Å². The number of aromatic nitrogens is 2. The molecule has 0 bridgehead atoms. The Kier molecular flexibility index (Phi) is 7.85. The zero-order valence-electron chi connectivity index (χ0n) is 18.1. The monoisotopic (exact) mass is 409 g/mol. The maximum atomic E-state index is 10.4. The van der Waals surface area contributed by atoms with Gasteiger partial charge in [0, 0.05) is 38.6 Å². The fraction of sp³-hybridized carbons (Fsp3) is 0.417. The minimum absolute atomic E-state index is 0.0469. The summed E-state index contributed by atoms with van der Waals surface area (Å²) in [5, 5.41) is 5.63. The molecule has 1 fully saturated rings. The number of carbonyl (C=O) groups is 1. The van der Waals surface area contributed by atoms with Crippen molar-refractivity contribution in [2.45, 2.75) is 45.4 Å². The molecule has 0 radical (unpaired) electrons. The SMILES string of the molecule is CCC(=O)N(C)C.c1ccc(COc2ccc3cnn(C4CCCCO4)c3c2)cc1. The Labute approximate surface area is 178 Å². The van der Waals surface area contributed by atoms with Crippen LogP contribution in [0.5, 0.6) is 5.75 Å². The Morgan fingerprint density at radius 1 is 1.20 bits per heavy atom. The quantitative estimate of drug-likeness (QED) is 0.607. The number of amides is 1. The summed E-state index contributed by atoms with van der Waals surface area (Å²) >= 11 is 0. The number of fused-ring (bicyclic) bond motifs is 1. The molecule has 3 aromatic rings. The van der Waals surface area contributed by atoms with Crippen molar-refractivity contribution in [3.05, 3.63) is 60.3 Å². The highest BCUT2D eigenvalue weighted by Crippen LogP contribution is 2.28. The summed E-state index contributed by atoms with van der Waals surface area (Å²) in [4.78, 5) is 12.0. The van der Waals surface area contributed by atoms with Gasteiger partial charge in [-0.05, 0) is 37.0 Å². The van der Waals surface area contributed by atoms with Crippen LogP contribution in [0, 0.1) is 0 Å². The second kappa shape index (κ2) is 10.8. The number of rotatable bonds is 5. The summed E-state index contributed by atoms with van der Waals surface area (Å²) in [6.07, 6.45) is 5.90. The van der Waals surface area contributed by atoms with Crippen molar-refractivity contribution in [2.75, 3.05) is 20.7 Å². The predicted octanol–water partition coefficient (Wildman–Crippen LogP) is 4.80. The largest absolute Gasteiger partial charge is 0.489 e. The maximum absolute atomic E-state index is 10.4. The highest BCUT2D eigenvalue weighted by atomic mass is 16.5. The van der Waals surface area contributed by atoms with Crippen molar-refractivity contribution in [2.24, 2.45) is 0 Å². The molecule has 1 saturated heterocycles. The lowest BCUT2D eigenvalue weighted by molar-refractivity contribution is -0.128. The molecule has 1 aliphatic rings. The maximum Gasteiger partial charge on any atom is 0.221 e. The van der Waals surface area contributed by atoms with Crippen LogP contribution in [0.2, 0.25) is 0 Å². The van der Waals surface area contributed by atoms with Gasteiger partial charge in [0.25, 0.3) is 0 Å². The molecule has 30 heavy (non-hydrogen) atoms. The molecule has 1 atom stereocenters. The Bertz CT molecular complexity index is 931.